The van der Waals surface area contributed by atoms with Crippen LogP contribution in [0.4, 0.5) is 13.2 Å². The van der Waals surface area contributed by atoms with Crippen LogP contribution in [0.15, 0.2) is 36.4 Å². The highest BCUT2D eigenvalue weighted by molar-refractivity contribution is 6.33. The molecular weight excluding hydrogens is 371 g/mol. The fraction of sp³-hybridized carbons (Fsp3) is 0.278. The van der Waals surface area contributed by atoms with Crippen LogP contribution >= 0.6 is 11.6 Å². The first-order chi connectivity index (χ1) is 12.2. The predicted molar refractivity (Wildman–Crippen MR) is 88.6 cm³/mol. The van der Waals surface area contributed by atoms with Crippen molar-refractivity contribution in [1.82, 2.24) is 5.32 Å². The minimum Gasteiger partial charge on any atom is -0.364 e. The predicted octanol–water partition coefficient (Wildman–Crippen LogP) is 3.76. The maximum atomic E-state index is 12.9. The molecule has 2 aromatic rings. The van der Waals surface area contributed by atoms with Gasteiger partial charge in [-0.1, -0.05) is 23.7 Å². The maximum Gasteiger partial charge on any atom is 0.416 e. The first-order valence-electron chi connectivity index (χ1n) is 7.83. The summed E-state index contributed by atoms with van der Waals surface area (Å²) in [5.41, 5.74) is 0.724. The number of aliphatic hydroxyl groups excluding tert-OH is 1. The van der Waals surface area contributed by atoms with Crippen LogP contribution in [0.1, 0.15) is 51.4 Å². The van der Waals surface area contributed by atoms with E-state index in [-0.39, 0.29) is 16.1 Å². The number of carbonyl (C=O) groups is 1. The third-order valence-electron chi connectivity index (χ3n) is 4.39. The third kappa shape index (κ3) is 3.70. The molecule has 0 saturated carbocycles. The van der Waals surface area contributed by atoms with Gasteiger partial charge >= 0.3 is 6.18 Å². The number of nitrogens with one attached hydrogen (secondary N) is 1. The van der Waals surface area contributed by atoms with Crippen molar-refractivity contribution in [3.63, 3.8) is 0 Å². The molecule has 8 heteroatoms. The lowest BCUT2D eigenvalue weighted by atomic mass is 10.0. The summed E-state index contributed by atoms with van der Waals surface area (Å²) < 4.78 is 38.6. The van der Waals surface area contributed by atoms with Gasteiger partial charge in [0.1, 0.15) is 0 Å². The largest absolute Gasteiger partial charge is 0.416 e. The van der Waals surface area contributed by atoms with Crippen molar-refractivity contribution in [1.29, 1.82) is 0 Å². The molecule has 3 rings (SSSR count). The summed E-state index contributed by atoms with van der Waals surface area (Å²) in [6.07, 6.45) is -5.00. The molecule has 0 saturated heterocycles. The van der Waals surface area contributed by atoms with Crippen LogP contribution in [-0.4, -0.2) is 16.1 Å². The average molecular weight is 386 g/mol. The first kappa shape index (κ1) is 18.7. The van der Waals surface area contributed by atoms with Crippen molar-refractivity contribution in [3.05, 3.63) is 69.2 Å². The molecule has 0 spiro atoms. The number of benzene rings is 2. The number of fused-ring (bicyclic) bond motifs is 1. The number of aryl methyl sites for hydroxylation is 1. The van der Waals surface area contributed by atoms with Crippen LogP contribution < -0.4 is 5.32 Å². The monoisotopic (exact) mass is 385 g/mol. The van der Waals surface area contributed by atoms with Crippen LogP contribution in [-0.2, 0) is 12.6 Å². The summed E-state index contributed by atoms with van der Waals surface area (Å²) in [7, 11) is 0. The van der Waals surface area contributed by atoms with Gasteiger partial charge in [-0.05, 0) is 48.2 Å². The molecule has 1 aliphatic carbocycles. The maximum absolute atomic E-state index is 12.9. The molecular formula is C18H15ClF3NO3. The molecule has 1 unspecified atom stereocenters. The Balaban J connectivity index is 1.86. The Kier molecular flexibility index (Phi) is 4.96. The zero-order valence-corrected chi connectivity index (χ0v) is 14.1. The summed E-state index contributed by atoms with van der Waals surface area (Å²) in [5, 5.41) is 21.2. The number of carbonyl (C=O) groups excluding carboxylic acids is 1. The van der Waals surface area contributed by atoms with Gasteiger partial charge < -0.3 is 15.5 Å². The number of hydrogen-bond acceptors (Lipinski definition) is 3. The van der Waals surface area contributed by atoms with Crippen LogP contribution in [0.2, 0.25) is 5.02 Å². The van der Waals surface area contributed by atoms with E-state index in [0.717, 1.165) is 23.8 Å². The molecule has 0 aromatic heterocycles. The lowest BCUT2D eigenvalue weighted by molar-refractivity contribution is -0.137. The van der Waals surface area contributed by atoms with Crippen LogP contribution in [0, 0.1) is 0 Å². The fourth-order valence-corrected chi connectivity index (χ4v) is 3.25. The van der Waals surface area contributed by atoms with E-state index in [4.69, 9.17) is 11.6 Å². The summed E-state index contributed by atoms with van der Waals surface area (Å²) in [5.74, 6) is -0.714. The Hall–Kier alpha value is -2.09. The van der Waals surface area contributed by atoms with E-state index in [1.807, 2.05) is 0 Å². The van der Waals surface area contributed by atoms with E-state index in [1.54, 1.807) is 18.2 Å². The van der Waals surface area contributed by atoms with Gasteiger partial charge in [0.05, 0.1) is 22.2 Å². The number of halogens is 4. The highest BCUT2D eigenvalue weighted by Gasteiger charge is 2.32. The molecule has 0 bridgehead atoms. The average Bonchev–Trinajstić information content (AvgIpc) is 2.96. The molecule has 0 aliphatic heterocycles. The Morgan fingerprint density at radius 3 is 2.58 bits per heavy atom. The number of amides is 1. The van der Waals surface area contributed by atoms with Crippen molar-refractivity contribution >= 4 is 17.5 Å². The van der Waals surface area contributed by atoms with Crippen molar-refractivity contribution < 1.29 is 28.2 Å². The van der Waals surface area contributed by atoms with Gasteiger partial charge in [-0.15, -0.1) is 0 Å². The zero-order chi connectivity index (χ0) is 19.1. The molecule has 1 amide bonds. The van der Waals surface area contributed by atoms with Gasteiger partial charge in [0.15, 0.2) is 6.29 Å². The fourth-order valence-electron chi connectivity index (χ4n) is 3.04. The second-order valence-corrected chi connectivity index (χ2v) is 6.50. The summed E-state index contributed by atoms with van der Waals surface area (Å²) in [4.78, 5) is 12.5. The van der Waals surface area contributed by atoms with Gasteiger partial charge in [0.25, 0.3) is 5.91 Å². The minimum atomic E-state index is -4.58. The number of alkyl halides is 3. The number of aliphatic hydroxyl groups is 2. The van der Waals surface area contributed by atoms with Crippen molar-refractivity contribution in [2.45, 2.75) is 31.3 Å². The zero-order valence-electron chi connectivity index (χ0n) is 13.3. The smallest absolute Gasteiger partial charge is 0.364 e. The Morgan fingerprint density at radius 1 is 1.19 bits per heavy atom. The lowest BCUT2D eigenvalue weighted by Gasteiger charge is -2.17. The van der Waals surface area contributed by atoms with E-state index >= 15 is 0 Å². The van der Waals surface area contributed by atoms with Gasteiger partial charge in [-0.25, -0.2) is 0 Å². The molecule has 1 aliphatic rings. The highest BCUT2D eigenvalue weighted by Crippen LogP contribution is 2.35. The van der Waals surface area contributed by atoms with Gasteiger partial charge in [-0.3, -0.25) is 4.79 Å². The molecule has 0 radical (unpaired) electrons. The topological polar surface area (TPSA) is 69.6 Å². The van der Waals surface area contributed by atoms with E-state index in [0.29, 0.717) is 18.4 Å². The van der Waals surface area contributed by atoms with Crippen LogP contribution in [0.3, 0.4) is 0 Å². The van der Waals surface area contributed by atoms with Crippen molar-refractivity contribution in [2.75, 3.05) is 0 Å². The van der Waals surface area contributed by atoms with Gasteiger partial charge in [0.2, 0.25) is 0 Å². The molecule has 0 heterocycles. The number of hydrogen-bond donors (Lipinski definition) is 3. The third-order valence-corrected chi connectivity index (χ3v) is 4.72. The second-order valence-electron chi connectivity index (χ2n) is 6.09. The molecule has 138 valence electrons. The molecule has 26 heavy (non-hydrogen) atoms. The normalized spacial score (nSPS) is 16.7. The highest BCUT2D eigenvalue weighted by atomic mass is 35.5. The lowest BCUT2D eigenvalue weighted by Crippen LogP contribution is -2.27. The Morgan fingerprint density at radius 2 is 1.92 bits per heavy atom. The summed E-state index contributed by atoms with van der Waals surface area (Å²) in [6.45, 7) is 0. The quantitative estimate of drug-likeness (QED) is 0.705. The van der Waals surface area contributed by atoms with E-state index < -0.39 is 30.0 Å². The first-order valence-corrected chi connectivity index (χ1v) is 8.21. The summed E-state index contributed by atoms with van der Waals surface area (Å²) >= 11 is 5.90. The Bertz CT molecular complexity index is 852. The van der Waals surface area contributed by atoms with Crippen LogP contribution in [0.25, 0.3) is 0 Å². The second kappa shape index (κ2) is 6.90. The molecule has 2 aromatic carbocycles. The Labute approximate surface area is 152 Å². The van der Waals surface area contributed by atoms with Crippen LogP contribution in [0.5, 0.6) is 0 Å². The van der Waals surface area contributed by atoms with Crippen molar-refractivity contribution in [2.24, 2.45) is 0 Å². The number of rotatable bonds is 3. The standard InChI is InChI=1S/C18H15ClF3NO3/c19-14-5-4-11(18(20,21)22)8-13(14)16(24)23-15-6-3-9-1-2-10(17(25)26)7-12(9)15/h1-2,4-5,7-8,15,17,25-26H,3,6H2,(H,23,24). The van der Waals surface area contributed by atoms with Gasteiger partial charge in [-0.2, -0.15) is 13.2 Å². The molecule has 0 fully saturated rings. The van der Waals surface area contributed by atoms with E-state index in [2.05, 4.69) is 5.32 Å². The SMILES string of the molecule is O=C(NC1CCc2ccc(C(O)O)cc21)c1cc(C(F)(F)F)ccc1Cl. The molecule has 4 nitrogen and oxygen atoms in total. The van der Waals surface area contributed by atoms with Crippen molar-refractivity contribution in [3.8, 4) is 0 Å². The molecule has 1 atom stereocenters. The van der Waals surface area contributed by atoms with Gasteiger partial charge in [0, 0.05) is 5.56 Å². The summed E-state index contributed by atoms with van der Waals surface area (Å²) in [6, 6.07) is 7.04. The van der Waals surface area contributed by atoms with E-state index in [1.165, 1.54) is 0 Å². The molecule has 3 N–H and O–H groups in total. The van der Waals surface area contributed by atoms with E-state index in [9.17, 15) is 28.2 Å². The minimum absolute atomic E-state index is 0.0757.